The molecule has 0 fully saturated rings. The van der Waals surface area contributed by atoms with Crippen molar-refractivity contribution in [2.45, 2.75) is 31.7 Å². The molecule has 0 aliphatic carbocycles. The highest BCUT2D eigenvalue weighted by Gasteiger charge is 2.30. The molecule has 0 saturated heterocycles. The molecule has 1 heterocycles. The van der Waals surface area contributed by atoms with Gasteiger partial charge < -0.3 is 15.0 Å². The minimum atomic E-state index is -0.453. The summed E-state index contributed by atoms with van der Waals surface area (Å²) in [7, 11) is 0. The van der Waals surface area contributed by atoms with E-state index in [1.807, 2.05) is 67.6 Å². The van der Waals surface area contributed by atoms with Crippen LogP contribution in [0.3, 0.4) is 0 Å². The molecular weight excluding hydrogens is 416 g/mol. The average molecular weight is 443 g/mol. The van der Waals surface area contributed by atoms with Crippen LogP contribution in [0.2, 0.25) is 0 Å². The third kappa shape index (κ3) is 5.29. The van der Waals surface area contributed by atoms with Crippen molar-refractivity contribution in [3.05, 3.63) is 96.1 Å². The maximum absolute atomic E-state index is 13.1. The Kier molecular flexibility index (Phi) is 6.83. The van der Waals surface area contributed by atoms with Gasteiger partial charge in [0.2, 0.25) is 5.91 Å². The van der Waals surface area contributed by atoms with E-state index in [9.17, 15) is 14.4 Å². The number of nitrogens with zero attached hydrogens (tertiary/aromatic N) is 1. The summed E-state index contributed by atoms with van der Waals surface area (Å²) in [4.78, 5) is 39.5. The molecule has 1 aliphatic heterocycles. The summed E-state index contributed by atoms with van der Waals surface area (Å²) >= 11 is 0. The molecule has 4 rings (SSSR count). The van der Waals surface area contributed by atoms with Crippen LogP contribution in [0.15, 0.2) is 84.9 Å². The van der Waals surface area contributed by atoms with E-state index in [0.717, 1.165) is 11.1 Å². The van der Waals surface area contributed by atoms with Crippen LogP contribution in [0.25, 0.3) is 0 Å². The fourth-order valence-corrected chi connectivity index (χ4v) is 4.20. The fourth-order valence-electron chi connectivity index (χ4n) is 4.20. The van der Waals surface area contributed by atoms with E-state index in [2.05, 4.69) is 5.32 Å². The molecule has 0 saturated carbocycles. The van der Waals surface area contributed by atoms with Crippen molar-refractivity contribution in [2.24, 2.45) is 0 Å². The maximum Gasteiger partial charge on any atom is 0.307 e. The molecule has 0 aromatic heterocycles. The number of amides is 2. The van der Waals surface area contributed by atoms with Crippen LogP contribution in [0.4, 0.5) is 11.4 Å². The third-order valence-corrected chi connectivity index (χ3v) is 5.76. The highest BCUT2D eigenvalue weighted by atomic mass is 16.5. The van der Waals surface area contributed by atoms with E-state index >= 15 is 0 Å². The zero-order valence-electron chi connectivity index (χ0n) is 18.4. The lowest BCUT2D eigenvalue weighted by Crippen LogP contribution is -2.41. The molecule has 1 atom stereocenters. The minimum absolute atomic E-state index is 0.119. The van der Waals surface area contributed by atoms with E-state index in [1.165, 1.54) is 4.90 Å². The fraction of sp³-hybridized carbons (Fsp3) is 0.222. The van der Waals surface area contributed by atoms with E-state index in [-0.39, 0.29) is 43.2 Å². The summed E-state index contributed by atoms with van der Waals surface area (Å²) in [5, 5.41) is 2.82. The van der Waals surface area contributed by atoms with E-state index < -0.39 is 5.97 Å². The molecule has 1 aliphatic rings. The van der Waals surface area contributed by atoms with Crippen molar-refractivity contribution in [3.63, 3.8) is 0 Å². The first kappa shape index (κ1) is 22.3. The Balaban J connectivity index is 1.47. The Morgan fingerprint density at radius 2 is 1.52 bits per heavy atom. The van der Waals surface area contributed by atoms with Gasteiger partial charge in [0.25, 0.3) is 5.91 Å². The van der Waals surface area contributed by atoms with Crippen molar-refractivity contribution in [2.75, 3.05) is 16.8 Å². The number of benzene rings is 3. The monoisotopic (exact) mass is 442 g/mol. The summed E-state index contributed by atoms with van der Waals surface area (Å²) in [6.45, 7) is 1.42. The molecule has 6 heteroatoms. The van der Waals surface area contributed by atoms with E-state index in [4.69, 9.17) is 4.74 Å². The topological polar surface area (TPSA) is 75.7 Å². The zero-order chi connectivity index (χ0) is 23.2. The number of carbonyl (C=O) groups excluding carboxylic acids is 3. The summed E-state index contributed by atoms with van der Waals surface area (Å²) in [6.07, 6.45) is 0.284. The minimum Gasteiger partial charge on any atom is -0.456 e. The standard InChI is InChI=1S/C27H26N2O4/c1-19-16-25(30)28-23-14-8-9-15-24(23)29(19)26(31)18-33-27(32)17-22(20-10-4-2-5-11-20)21-12-6-3-7-13-21/h2-15,19,22H,16-18H2,1H3,(H,28,30)/t19-/m1/s1. The molecular formula is C27H26N2O4. The number of ether oxygens (including phenoxy) is 1. The predicted molar refractivity (Wildman–Crippen MR) is 127 cm³/mol. The largest absolute Gasteiger partial charge is 0.456 e. The average Bonchev–Trinajstić information content (AvgIpc) is 2.96. The lowest BCUT2D eigenvalue weighted by molar-refractivity contribution is -0.148. The Morgan fingerprint density at radius 3 is 2.15 bits per heavy atom. The van der Waals surface area contributed by atoms with Crippen molar-refractivity contribution >= 4 is 29.2 Å². The second-order valence-electron chi connectivity index (χ2n) is 8.12. The van der Waals surface area contributed by atoms with Gasteiger partial charge in [-0.3, -0.25) is 14.4 Å². The van der Waals surface area contributed by atoms with Crippen molar-refractivity contribution in [1.82, 2.24) is 0 Å². The number of hydrogen-bond donors (Lipinski definition) is 1. The van der Waals surface area contributed by atoms with Crippen LogP contribution in [-0.4, -0.2) is 30.4 Å². The van der Waals surface area contributed by atoms with Gasteiger partial charge in [-0.25, -0.2) is 0 Å². The number of anilines is 2. The lowest BCUT2D eigenvalue weighted by Gasteiger charge is -2.27. The quantitative estimate of drug-likeness (QED) is 0.570. The molecule has 0 spiro atoms. The second kappa shape index (κ2) is 10.1. The summed E-state index contributed by atoms with van der Waals surface area (Å²) < 4.78 is 5.43. The van der Waals surface area contributed by atoms with Gasteiger partial charge in [-0.1, -0.05) is 72.8 Å². The van der Waals surface area contributed by atoms with Crippen molar-refractivity contribution in [1.29, 1.82) is 0 Å². The SMILES string of the molecule is C[C@@H]1CC(=O)Nc2ccccc2N1C(=O)COC(=O)CC(c1ccccc1)c1ccccc1. The zero-order valence-corrected chi connectivity index (χ0v) is 18.4. The van der Waals surface area contributed by atoms with Crippen LogP contribution < -0.4 is 10.2 Å². The molecule has 3 aromatic carbocycles. The van der Waals surface area contributed by atoms with Gasteiger partial charge in [0.15, 0.2) is 6.61 Å². The number of esters is 1. The van der Waals surface area contributed by atoms with Gasteiger partial charge in [0.1, 0.15) is 0 Å². The number of fused-ring (bicyclic) bond motifs is 1. The maximum atomic E-state index is 13.1. The van der Waals surface area contributed by atoms with Gasteiger partial charge in [0.05, 0.1) is 17.8 Å². The smallest absolute Gasteiger partial charge is 0.307 e. The molecule has 1 N–H and O–H groups in total. The van der Waals surface area contributed by atoms with Crippen LogP contribution in [-0.2, 0) is 19.1 Å². The number of para-hydroxylation sites is 2. The van der Waals surface area contributed by atoms with E-state index in [0.29, 0.717) is 11.4 Å². The number of rotatable bonds is 6. The third-order valence-electron chi connectivity index (χ3n) is 5.76. The van der Waals surface area contributed by atoms with Gasteiger partial charge in [-0.15, -0.1) is 0 Å². The van der Waals surface area contributed by atoms with Crippen molar-refractivity contribution < 1.29 is 19.1 Å². The van der Waals surface area contributed by atoms with Gasteiger partial charge >= 0.3 is 5.97 Å². The Labute approximate surface area is 193 Å². The Morgan fingerprint density at radius 1 is 0.939 bits per heavy atom. The first-order valence-electron chi connectivity index (χ1n) is 11.0. The van der Waals surface area contributed by atoms with Gasteiger partial charge in [0, 0.05) is 18.4 Å². The Hall–Kier alpha value is -3.93. The normalized spacial score (nSPS) is 15.4. The molecule has 33 heavy (non-hydrogen) atoms. The highest BCUT2D eigenvalue weighted by molar-refractivity contribution is 6.05. The molecule has 0 unspecified atom stereocenters. The summed E-state index contributed by atoms with van der Waals surface area (Å²) in [5.41, 5.74) is 3.18. The first-order chi connectivity index (χ1) is 16.0. The van der Waals surface area contributed by atoms with Crippen LogP contribution in [0.1, 0.15) is 36.8 Å². The van der Waals surface area contributed by atoms with Gasteiger partial charge in [-0.2, -0.15) is 0 Å². The summed E-state index contributed by atoms with van der Waals surface area (Å²) in [5.74, 6) is -1.15. The first-order valence-corrected chi connectivity index (χ1v) is 11.0. The molecule has 0 bridgehead atoms. The number of nitrogens with one attached hydrogen (secondary N) is 1. The molecule has 3 aromatic rings. The molecule has 168 valence electrons. The van der Waals surface area contributed by atoms with E-state index in [1.54, 1.807) is 24.3 Å². The van der Waals surface area contributed by atoms with Crippen LogP contribution >= 0.6 is 0 Å². The van der Waals surface area contributed by atoms with Crippen LogP contribution in [0.5, 0.6) is 0 Å². The predicted octanol–water partition coefficient (Wildman–Crippen LogP) is 4.52. The highest BCUT2D eigenvalue weighted by Crippen LogP contribution is 2.32. The van der Waals surface area contributed by atoms with Crippen LogP contribution in [0, 0.1) is 0 Å². The second-order valence-corrected chi connectivity index (χ2v) is 8.12. The lowest BCUT2D eigenvalue weighted by atomic mass is 9.89. The van der Waals surface area contributed by atoms with Crippen molar-refractivity contribution in [3.8, 4) is 0 Å². The number of hydrogen-bond acceptors (Lipinski definition) is 4. The van der Waals surface area contributed by atoms with Gasteiger partial charge in [-0.05, 0) is 30.2 Å². The Bertz CT molecular complexity index is 1090. The molecule has 2 amide bonds. The molecule has 6 nitrogen and oxygen atoms in total. The number of carbonyl (C=O) groups is 3. The molecule has 0 radical (unpaired) electrons. The summed E-state index contributed by atoms with van der Waals surface area (Å²) in [6, 6.07) is 26.3.